The molecule has 1 aliphatic rings. The van der Waals surface area contributed by atoms with Crippen molar-refractivity contribution >= 4 is 18.0 Å². The molecule has 0 unspecified atom stereocenters. The minimum absolute atomic E-state index is 0.123. The van der Waals surface area contributed by atoms with Crippen molar-refractivity contribution in [1.29, 1.82) is 0 Å². The van der Waals surface area contributed by atoms with Crippen LogP contribution >= 0.6 is 0 Å². The Kier molecular flexibility index (Phi) is 4.79. The summed E-state index contributed by atoms with van der Waals surface area (Å²) in [5.74, 6) is -0.339. The van der Waals surface area contributed by atoms with E-state index in [0.29, 0.717) is 17.9 Å². The van der Waals surface area contributed by atoms with Gasteiger partial charge in [0, 0.05) is 11.1 Å². The van der Waals surface area contributed by atoms with Crippen LogP contribution in [0, 0.1) is 5.82 Å². The molecule has 3 rings (SSSR count). The Morgan fingerprint density at radius 3 is 2.60 bits per heavy atom. The molecule has 0 atom stereocenters. The summed E-state index contributed by atoms with van der Waals surface area (Å²) in [6.07, 6.45) is 1.56. The second-order valence-electron chi connectivity index (χ2n) is 5.44. The summed E-state index contributed by atoms with van der Waals surface area (Å²) >= 11 is 0. The number of carbonyl (C=O) groups excluding carboxylic acids is 2. The van der Waals surface area contributed by atoms with E-state index in [-0.39, 0.29) is 17.8 Å². The number of ether oxygens (including phenoxy) is 1. The number of imide groups is 1. The summed E-state index contributed by atoms with van der Waals surface area (Å²) in [6, 6.07) is 12.7. The minimum atomic E-state index is -0.576. The molecule has 0 bridgehead atoms. The standard InChI is InChI=1S/C19H17FN2O3/c1-2-25-17-10-6-4-7-13(17)11-16-18(23)22(19(24)21-16)12-14-8-3-5-9-15(14)20/h3-11H,2,12H2,1H3,(H,21,24). The molecule has 6 heteroatoms. The fraction of sp³-hybridized carbons (Fsp3) is 0.158. The number of rotatable bonds is 5. The summed E-state index contributed by atoms with van der Waals surface area (Å²) in [5, 5.41) is 2.53. The zero-order valence-corrected chi connectivity index (χ0v) is 13.7. The quantitative estimate of drug-likeness (QED) is 0.671. The molecule has 2 aromatic carbocycles. The molecule has 5 nitrogen and oxygen atoms in total. The van der Waals surface area contributed by atoms with E-state index in [4.69, 9.17) is 4.74 Å². The predicted molar refractivity (Wildman–Crippen MR) is 91.1 cm³/mol. The van der Waals surface area contributed by atoms with Crippen molar-refractivity contribution in [2.24, 2.45) is 0 Å². The number of benzene rings is 2. The van der Waals surface area contributed by atoms with Gasteiger partial charge in [0.15, 0.2) is 0 Å². The Morgan fingerprint density at radius 2 is 1.84 bits per heavy atom. The van der Waals surface area contributed by atoms with Crippen LogP contribution in [0.4, 0.5) is 9.18 Å². The van der Waals surface area contributed by atoms with Crippen LogP contribution in [0.15, 0.2) is 54.2 Å². The van der Waals surface area contributed by atoms with Crippen molar-refractivity contribution in [3.8, 4) is 5.75 Å². The van der Waals surface area contributed by atoms with Gasteiger partial charge in [0.05, 0.1) is 13.2 Å². The number of nitrogens with zero attached hydrogens (tertiary/aromatic N) is 1. The molecule has 25 heavy (non-hydrogen) atoms. The minimum Gasteiger partial charge on any atom is -0.493 e. The van der Waals surface area contributed by atoms with Gasteiger partial charge in [-0.15, -0.1) is 0 Å². The molecule has 0 radical (unpaired) electrons. The van der Waals surface area contributed by atoms with Gasteiger partial charge in [0.25, 0.3) is 5.91 Å². The van der Waals surface area contributed by atoms with E-state index < -0.39 is 17.8 Å². The highest BCUT2D eigenvalue weighted by molar-refractivity contribution is 6.14. The highest BCUT2D eigenvalue weighted by Gasteiger charge is 2.34. The van der Waals surface area contributed by atoms with E-state index in [0.717, 1.165) is 4.90 Å². The predicted octanol–water partition coefficient (Wildman–Crippen LogP) is 3.32. The van der Waals surface area contributed by atoms with Gasteiger partial charge in [-0.3, -0.25) is 9.69 Å². The average Bonchev–Trinajstić information content (AvgIpc) is 2.86. The first-order chi connectivity index (χ1) is 12.1. The number of hydrogen-bond donors (Lipinski definition) is 1. The lowest BCUT2D eigenvalue weighted by Gasteiger charge is -2.12. The van der Waals surface area contributed by atoms with E-state index in [1.54, 1.807) is 36.4 Å². The lowest BCUT2D eigenvalue weighted by Crippen LogP contribution is -2.30. The Hall–Kier alpha value is -3.15. The SMILES string of the molecule is CCOc1ccccc1C=C1NC(=O)N(Cc2ccccc2F)C1=O. The third-order valence-corrected chi connectivity index (χ3v) is 3.77. The molecular weight excluding hydrogens is 323 g/mol. The van der Waals surface area contributed by atoms with Crippen LogP contribution in [0.5, 0.6) is 5.75 Å². The van der Waals surface area contributed by atoms with Gasteiger partial charge in [0.1, 0.15) is 17.3 Å². The maximum absolute atomic E-state index is 13.8. The smallest absolute Gasteiger partial charge is 0.329 e. The molecule has 0 aromatic heterocycles. The summed E-state index contributed by atoms with van der Waals surface area (Å²) in [4.78, 5) is 25.6. The maximum Gasteiger partial charge on any atom is 0.329 e. The van der Waals surface area contributed by atoms with Gasteiger partial charge in [-0.1, -0.05) is 36.4 Å². The molecule has 1 N–H and O–H groups in total. The van der Waals surface area contributed by atoms with Gasteiger partial charge in [-0.05, 0) is 25.1 Å². The van der Waals surface area contributed by atoms with Crippen molar-refractivity contribution in [1.82, 2.24) is 10.2 Å². The monoisotopic (exact) mass is 340 g/mol. The zero-order valence-electron chi connectivity index (χ0n) is 13.7. The van der Waals surface area contributed by atoms with Crippen molar-refractivity contribution in [3.05, 3.63) is 71.2 Å². The second kappa shape index (κ2) is 7.17. The number of halogens is 1. The van der Waals surface area contributed by atoms with E-state index in [2.05, 4.69) is 5.32 Å². The molecule has 1 saturated heterocycles. The van der Waals surface area contributed by atoms with Crippen LogP contribution in [-0.2, 0) is 11.3 Å². The Morgan fingerprint density at radius 1 is 1.12 bits per heavy atom. The van der Waals surface area contributed by atoms with Gasteiger partial charge >= 0.3 is 6.03 Å². The summed E-state index contributed by atoms with van der Waals surface area (Å²) in [7, 11) is 0. The van der Waals surface area contributed by atoms with E-state index in [1.165, 1.54) is 6.07 Å². The van der Waals surface area contributed by atoms with Crippen LogP contribution in [0.3, 0.4) is 0 Å². The number of urea groups is 1. The molecule has 2 aromatic rings. The lowest BCUT2D eigenvalue weighted by atomic mass is 10.1. The van der Waals surface area contributed by atoms with Crippen LogP contribution in [-0.4, -0.2) is 23.4 Å². The molecule has 1 heterocycles. The molecule has 1 fully saturated rings. The van der Waals surface area contributed by atoms with Crippen LogP contribution in [0.1, 0.15) is 18.1 Å². The molecule has 0 saturated carbocycles. The van der Waals surface area contributed by atoms with Crippen LogP contribution in [0.2, 0.25) is 0 Å². The molecule has 0 spiro atoms. The van der Waals surface area contributed by atoms with Gasteiger partial charge in [-0.2, -0.15) is 0 Å². The maximum atomic E-state index is 13.8. The molecule has 3 amide bonds. The molecule has 0 aliphatic carbocycles. The lowest BCUT2D eigenvalue weighted by molar-refractivity contribution is -0.123. The van der Waals surface area contributed by atoms with E-state index in [9.17, 15) is 14.0 Å². The first-order valence-electron chi connectivity index (χ1n) is 7.90. The Bertz CT molecular complexity index is 848. The molecule has 128 valence electrons. The number of carbonyl (C=O) groups is 2. The highest BCUT2D eigenvalue weighted by atomic mass is 19.1. The first-order valence-corrected chi connectivity index (χ1v) is 7.90. The van der Waals surface area contributed by atoms with E-state index >= 15 is 0 Å². The summed E-state index contributed by atoms with van der Waals surface area (Å²) in [6.45, 7) is 2.23. The van der Waals surface area contributed by atoms with Crippen LogP contribution in [0.25, 0.3) is 6.08 Å². The van der Waals surface area contributed by atoms with Crippen molar-refractivity contribution in [2.45, 2.75) is 13.5 Å². The number of amides is 3. The van der Waals surface area contributed by atoms with Crippen molar-refractivity contribution in [3.63, 3.8) is 0 Å². The Balaban J connectivity index is 1.85. The average molecular weight is 340 g/mol. The van der Waals surface area contributed by atoms with Crippen molar-refractivity contribution in [2.75, 3.05) is 6.61 Å². The normalized spacial score (nSPS) is 15.6. The Labute approximate surface area is 144 Å². The van der Waals surface area contributed by atoms with Gasteiger partial charge < -0.3 is 10.1 Å². The van der Waals surface area contributed by atoms with Crippen molar-refractivity contribution < 1.29 is 18.7 Å². The first kappa shape index (κ1) is 16.7. The molecule has 1 aliphatic heterocycles. The largest absolute Gasteiger partial charge is 0.493 e. The van der Waals surface area contributed by atoms with Gasteiger partial charge in [-0.25, -0.2) is 9.18 Å². The fourth-order valence-corrected chi connectivity index (χ4v) is 2.55. The fourth-order valence-electron chi connectivity index (χ4n) is 2.55. The van der Waals surface area contributed by atoms with Crippen LogP contribution < -0.4 is 10.1 Å². The third-order valence-electron chi connectivity index (χ3n) is 3.77. The topological polar surface area (TPSA) is 58.6 Å². The molecular formula is C19H17FN2O3. The number of para-hydroxylation sites is 1. The number of nitrogens with one attached hydrogen (secondary N) is 1. The summed E-state index contributed by atoms with van der Waals surface area (Å²) in [5.41, 5.74) is 1.09. The third kappa shape index (κ3) is 3.52. The van der Waals surface area contributed by atoms with E-state index in [1.807, 2.05) is 19.1 Å². The second-order valence-corrected chi connectivity index (χ2v) is 5.44. The summed E-state index contributed by atoms with van der Waals surface area (Å²) < 4.78 is 19.3. The zero-order chi connectivity index (χ0) is 17.8. The highest BCUT2D eigenvalue weighted by Crippen LogP contribution is 2.23. The van der Waals surface area contributed by atoms with Gasteiger partial charge in [0.2, 0.25) is 0 Å². The number of hydrogen-bond acceptors (Lipinski definition) is 3.